The molecule has 5 heteroatoms. The maximum atomic E-state index is 9.42. The van der Waals surface area contributed by atoms with E-state index in [1.807, 2.05) is 0 Å². The van der Waals surface area contributed by atoms with E-state index in [0.717, 1.165) is 29.8 Å². The van der Waals surface area contributed by atoms with Crippen LogP contribution in [-0.2, 0) is 11.3 Å². The van der Waals surface area contributed by atoms with Gasteiger partial charge in [-0.25, -0.2) is 0 Å². The first-order chi connectivity index (χ1) is 9.26. The number of ether oxygens (including phenoxy) is 1. The monoisotopic (exact) mass is 328 g/mol. The van der Waals surface area contributed by atoms with Crippen LogP contribution in [0.2, 0.25) is 0 Å². The Morgan fingerprint density at radius 1 is 1.53 bits per heavy atom. The van der Waals surface area contributed by atoms with Crippen LogP contribution in [0.4, 0.5) is 5.69 Å². The van der Waals surface area contributed by atoms with Crippen molar-refractivity contribution in [3.05, 3.63) is 28.2 Å². The summed E-state index contributed by atoms with van der Waals surface area (Å²) in [7, 11) is 0. The van der Waals surface area contributed by atoms with Gasteiger partial charge in [-0.2, -0.15) is 0 Å². The van der Waals surface area contributed by atoms with Crippen LogP contribution in [0.3, 0.4) is 0 Å². The molecule has 2 rings (SSSR count). The molecule has 19 heavy (non-hydrogen) atoms. The third-order valence-corrected chi connectivity index (χ3v) is 4.11. The molecular weight excluding hydrogens is 308 g/mol. The Labute approximate surface area is 122 Å². The van der Waals surface area contributed by atoms with Crippen molar-refractivity contribution < 1.29 is 9.84 Å². The number of benzene rings is 1. The molecule has 1 aliphatic rings. The average molecular weight is 329 g/mol. The van der Waals surface area contributed by atoms with Crippen molar-refractivity contribution in [2.75, 3.05) is 37.8 Å². The lowest BCUT2D eigenvalue weighted by Gasteiger charge is -2.36. The van der Waals surface area contributed by atoms with Gasteiger partial charge in [0.1, 0.15) is 0 Å². The summed E-state index contributed by atoms with van der Waals surface area (Å²) in [4.78, 5) is 2.21. The molecule has 1 heterocycles. The van der Waals surface area contributed by atoms with Gasteiger partial charge in [0, 0.05) is 23.2 Å². The quantitative estimate of drug-likeness (QED) is 0.864. The first-order valence-electron chi connectivity index (χ1n) is 6.70. The summed E-state index contributed by atoms with van der Waals surface area (Å²) in [6.07, 6.45) is 0. The fourth-order valence-corrected chi connectivity index (χ4v) is 2.77. The summed E-state index contributed by atoms with van der Waals surface area (Å²) < 4.78 is 6.51. The van der Waals surface area contributed by atoms with Crippen molar-refractivity contribution in [2.24, 2.45) is 0 Å². The average Bonchev–Trinajstić information content (AvgIpc) is 2.46. The number of anilines is 1. The molecule has 4 nitrogen and oxygen atoms in total. The van der Waals surface area contributed by atoms with Crippen LogP contribution in [0, 0.1) is 0 Å². The van der Waals surface area contributed by atoms with E-state index in [0.29, 0.717) is 13.2 Å². The maximum absolute atomic E-state index is 9.42. The molecule has 0 aromatic heterocycles. The van der Waals surface area contributed by atoms with E-state index in [2.05, 4.69) is 51.3 Å². The summed E-state index contributed by atoms with van der Waals surface area (Å²) in [6, 6.07) is 6.43. The van der Waals surface area contributed by atoms with Gasteiger partial charge in [-0.15, -0.1) is 0 Å². The van der Waals surface area contributed by atoms with Gasteiger partial charge in [0.2, 0.25) is 0 Å². The predicted molar refractivity (Wildman–Crippen MR) is 80.6 cm³/mol. The zero-order chi connectivity index (χ0) is 13.7. The summed E-state index contributed by atoms with van der Waals surface area (Å²) in [5, 5.41) is 12.7. The number of morpholine rings is 1. The minimum atomic E-state index is 0.0558. The number of aliphatic hydroxyl groups is 1. The summed E-state index contributed by atoms with van der Waals surface area (Å²) in [5.41, 5.74) is 2.38. The highest BCUT2D eigenvalue weighted by atomic mass is 79.9. The molecule has 1 unspecified atom stereocenters. The smallest absolute Gasteiger partial charge is 0.0755 e. The number of aliphatic hydroxyl groups excluding tert-OH is 1. The van der Waals surface area contributed by atoms with Crippen molar-refractivity contribution >= 4 is 21.6 Å². The normalized spacial score (nSPS) is 19.7. The Balaban J connectivity index is 2.13. The molecule has 1 aromatic rings. The molecule has 0 radical (unpaired) electrons. The van der Waals surface area contributed by atoms with E-state index >= 15 is 0 Å². The van der Waals surface area contributed by atoms with E-state index in [9.17, 15) is 5.11 Å². The fourth-order valence-electron chi connectivity index (χ4n) is 2.26. The standard InChI is InChI=1S/C14H21BrN2O2/c1-2-16-8-11-3-4-12(7-14(11)15)17-5-6-19-10-13(17)9-18/h3-4,7,13,16,18H,2,5-6,8-10H2,1H3. The van der Waals surface area contributed by atoms with Crippen LogP contribution in [0.25, 0.3) is 0 Å². The lowest BCUT2D eigenvalue weighted by molar-refractivity contribution is 0.0727. The molecule has 106 valence electrons. The molecule has 0 saturated carbocycles. The van der Waals surface area contributed by atoms with Crippen LogP contribution < -0.4 is 10.2 Å². The molecule has 0 spiro atoms. The van der Waals surface area contributed by atoms with Crippen molar-refractivity contribution in [3.8, 4) is 0 Å². The van der Waals surface area contributed by atoms with Gasteiger partial charge in [0.15, 0.2) is 0 Å². The molecule has 1 saturated heterocycles. The summed E-state index contributed by atoms with van der Waals surface area (Å²) in [6.45, 7) is 6.18. The Kier molecular flexibility index (Phi) is 5.63. The van der Waals surface area contributed by atoms with Gasteiger partial charge in [0.05, 0.1) is 25.9 Å². The second-order valence-corrected chi connectivity index (χ2v) is 5.52. The van der Waals surface area contributed by atoms with E-state index in [4.69, 9.17) is 4.74 Å². The maximum Gasteiger partial charge on any atom is 0.0755 e. The van der Waals surface area contributed by atoms with Crippen LogP contribution >= 0.6 is 15.9 Å². The Hall–Kier alpha value is -0.620. The number of hydrogen-bond acceptors (Lipinski definition) is 4. The van der Waals surface area contributed by atoms with Crippen molar-refractivity contribution in [3.63, 3.8) is 0 Å². The van der Waals surface area contributed by atoms with Crippen LogP contribution in [0.1, 0.15) is 12.5 Å². The number of hydrogen-bond donors (Lipinski definition) is 2. The van der Waals surface area contributed by atoms with E-state index in [-0.39, 0.29) is 12.6 Å². The van der Waals surface area contributed by atoms with Gasteiger partial charge >= 0.3 is 0 Å². The van der Waals surface area contributed by atoms with Gasteiger partial charge in [-0.3, -0.25) is 0 Å². The molecule has 1 aliphatic heterocycles. The first kappa shape index (κ1) is 14.8. The van der Waals surface area contributed by atoms with Crippen LogP contribution in [0.5, 0.6) is 0 Å². The number of nitrogens with one attached hydrogen (secondary N) is 1. The zero-order valence-electron chi connectivity index (χ0n) is 11.2. The third-order valence-electron chi connectivity index (χ3n) is 3.37. The highest BCUT2D eigenvalue weighted by Crippen LogP contribution is 2.26. The molecule has 0 aliphatic carbocycles. The van der Waals surface area contributed by atoms with Crippen molar-refractivity contribution in [2.45, 2.75) is 19.5 Å². The second-order valence-electron chi connectivity index (χ2n) is 4.66. The number of halogens is 1. The largest absolute Gasteiger partial charge is 0.394 e. The molecule has 1 atom stereocenters. The van der Waals surface area contributed by atoms with Gasteiger partial charge in [0.25, 0.3) is 0 Å². The van der Waals surface area contributed by atoms with Gasteiger partial charge in [-0.1, -0.05) is 28.9 Å². The molecule has 0 amide bonds. The zero-order valence-corrected chi connectivity index (χ0v) is 12.8. The van der Waals surface area contributed by atoms with E-state index < -0.39 is 0 Å². The van der Waals surface area contributed by atoms with Crippen molar-refractivity contribution in [1.29, 1.82) is 0 Å². The topological polar surface area (TPSA) is 44.7 Å². The van der Waals surface area contributed by atoms with E-state index in [1.165, 1.54) is 5.56 Å². The van der Waals surface area contributed by atoms with Crippen LogP contribution in [0.15, 0.2) is 22.7 Å². The molecule has 2 N–H and O–H groups in total. The summed E-state index contributed by atoms with van der Waals surface area (Å²) in [5.74, 6) is 0. The third kappa shape index (κ3) is 3.69. The molecule has 1 fully saturated rings. The summed E-state index contributed by atoms with van der Waals surface area (Å²) >= 11 is 3.63. The van der Waals surface area contributed by atoms with Gasteiger partial charge in [-0.05, 0) is 24.2 Å². The minimum absolute atomic E-state index is 0.0558. The Morgan fingerprint density at radius 2 is 2.37 bits per heavy atom. The van der Waals surface area contributed by atoms with Crippen molar-refractivity contribution in [1.82, 2.24) is 5.32 Å². The Morgan fingerprint density at radius 3 is 3.05 bits per heavy atom. The lowest BCUT2D eigenvalue weighted by atomic mass is 10.1. The second kappa shape index (κ2) is 7.24. The molecular formula is C14H21BrN2O2. The molecule has 1 aromatic carbocycles. The highest BCUT2D eigenvalue weighted by molar-refractivity contribution is 9.10. The number of nitrogens with zero attached hydrogens (tertiary/aromatic N) is 1. The van der Waals surface area contributed by atoms with Gasteiger partial charge < -0.3 is 20.1 Å². The minimum Gasteiger partial charge on any atom is -0.394 e. The predicted octanol–water partition coefficient (Wildman–Crippen LogP) is 1.76. The van der Waals surface area contributed by atoms with Crippen LogP contribution in [-0.4, -0.2) is 44.1 Å². The number of rotatable bonds is 5. The Bertz CT molecular complexity index is 414. The fraction of sp³-hybridized carbons (Fsp3) is 0.571. The SMILES string of the molecule is CCNCc1ccc(N2CCOCC2CO)cc1Br. The first-order valence-corrected chi connectivity index (χ1v) is 7.50. The van der Waals surface area contributed by atoms with E-state index in [1.54, 1.807) is 0 Å². The highest BCUT2D eigenvalue weighted by Gasteiger charge is 2.22. The molecule has 0 bridgehead atoms. The lowest BCUT2D eigenvalue weighted by Crippen LogP contribution is -2.47.